The lowest BCUT2D eigenvalue weighted by Crippen LogP contribution is -2.40. The molecule has 0 saturated heterocycles. The maximum atomic E-state index is 11.9. The van der Waals surface area contributed by atoms with Crippen LogP contribution in [0, 0.1) is 0 Å². The van der Waals surface area contributed by atoms with Crippen molar-refractivity contribution in [2.45, 2.75) is 25.9 Å². The Hall–Kier alpha value is -2.04. The molecule has 1 unspecified atom stereocenters. The highest BCUT2D eigenvalue weighted by Gasteiger charge is 2.30. The molecule has 1 aromatic rings. The number of benzene rings is 1. The van der Waals surface area contributed by atoms with Crippen LogP contribution in [0.2, 0.25) is 0 Å². The summed E-state index contributed by atoms with van der Waals surface area (Å²) in [6.45, 7) is 3.98. The maximum absolute atomic E-state index is 11.9. The zero-order valence-electron chi connectivity index (χ0n) is 10.7. The molecule has 0 saturated carbocycles. The monoisotopic (exact) mass is 247 g/mol. The van der Waals surface area contributed by atoms with Gasteiger partial charge in [-0.25, -0.2) is 4.99 Å². The van der Waals surface area contributed by atoms with Crippen LogP contribution in [-0.2, 0) is 4.79 Å². The zero-order chi connectivity index (χ0) is 13.1. The average Bonchev–Trinajstić information content (AvgIpc) is 2.69. The van der Waals surface area contributed by atoms with Crippen LogP contribution in [0.1, 0.15) is 25.5 Å². The zero-order valence-corrected chi connectivity index (χ0v) is 10.7. The van der Waals surface area contributed by atoms with Crippen LogP contribution in [0.5, 0.6) is 5.75 Å². The van der Waals surface area contributed by atoms with Gasteiger partial charge in [0.1, 0.15) is 5.75 Å². The van der Waals surface area contributed by atoms with Gasteiger partial charge >= 0.3 is 0 Å². The molecule has 0 fully saturated rings. The van der Waals surface area contributed by atoms with E-state index in [0.717, 1.165) is 5.56 Å². The number of carbonyl (C=O) groups excluding carboxylic acids is 1. The van der Waals surface area contributed by atoms with Gasteiger partial charge in [-0.15, -0.1) is 0 Å². The van der Waals surface area contributed by atoms with Crippen LogP contribution in [0.3, 0.4) is 0 Å². The van der Waals surface area contributed by atoms with E-state index in [1.807, 2.05) is 38.1 Å². The summed E-state index contributed by atoms with van der Waals surface area (Å²) in [7, 11) is 1.59. The van der Waals surface area contributed by atoms with Crippen molar-refractivity contribution < 1.29 is 9.53 Å². The maximum Gasteiger partial charge on any atom is 0.256 e. The van der Waals surface area contributed by atoms with E-state index in [4.69, 9.17) is 4.74 Å². The van der Waals surface area contributed by atoms with Crippen LogP contribution in [0.15, 0.2) is 29.3 Å². The number of guanidine groups is 1. The molecule has 1 aromatic carbocycles. The van der Waals surface area contributed by atoms with Gasteiger partial charge in [0.25, 0.3) is 5.91 Å². The Balaban J connectivity index is 2.27. The number of nitrogens with zero attached hydrogens (tertiary/aromatic N) is 1. The average molecular weight is 247 g/mol. The van der Waals surface area contributed by atoms with Crippen molar-refractivity contribution in [3.63, 3.8) is 0 Å². The Kier molecular flexibility index (Phi) is 3.50. The first-order valence-corrected chi connectivity index (χ1v) is 5.90. The lowest BCUT2D eigenvalue weighted by molar-refractivity contribution is -0.120. The third-order valence-electron chi connectivity index (χ3n) is 2.61. The van der Waals surface area contributed by atoms with Crippen LogP contribution in [0.25, 0.3) is 0 Å². The highest BCUT2D eigenvalue weighted by atomic mass is 16.5. The molecule has 0 spiro atoms. The molecular formula is C13H17N3O2. The second-order valence-corrected chi connectivity index (χ2v) is 4.41. The van der Waals surface area contributed by atoms with Crippen LogP contribution < -0.4 is 15.4 Å². The lowest BCUT2D eigenvalue weighted by atomic mass is 10.1. The van der Waals surface area contributed by atoms with Gasteiger partial charge in [-0.1, -0.05) is 18.2 Å². The second kappa shape index (κ2) is 5.08. The number of ether oxygens (including phenoxy) is 1. The van der Waals surface area contributed by atoms with Crippen LogP contribution >= 0.6 is 0 Å². The number of aliphatic imine (C=N–C) groups is 1. The number of para-hydroxylation sites is 1. The van der Waals surface area contributed by atoms with Crippen LogP contribution in [0.4, 0.5) is 0 Å². The largest absolute Gasteiger partial charge is 0.496 e. The third kappa shape index (κ3) is 2.45. The fraction of sp³-hybridized carbons (Fsp3) is 0.385. The summed E-state index contributed by atoms with van der Waals surface area (Å²) in [5.74, 6) is 1.06. The van der Waals surface area contributed by atoms with Gasteiger partial charge in [0.2, 0.25) is 0 Å². The quantitative estimate of drug-likeness (QED) is 0.844. The minimum Gasteiger partial charge on any atom is -0.496 e. The number of carbonyl (C=O) groups is 1. The summed E-state index contributed by atoms with van der Waals surface area (Å²) in [4.78, 5) is 16.3. The standard InChI is InChI=1S/C13H17N3O2/c1-8(2)14-13-15-11(12(17)16-13)9-6-4-5-7-10(9)18-3/h4-8,11H,1-3H3,(H2,14,15,16,17). The molecule has 1 aliphatic heterocycles. The molecule has 0 aliphatic carbocycles. The summed E-state index contributed by atoms with van der Waals surface area (Å²) in [6, 6.07) is 7.10. The van der Waals surface area contributed by atoms with Gasteiger partial charge < -0.3 is 10.1 Å². The Morgan fingerprint density at radius 1 is 1.39 bits per heavy atom. The fourth-order valence-electron chi connectivity index (χ4n) is 1.85. The molecule has 1 amide bonds. The molecule has 0 bridgehead atoms. The van der Waals surface area contributed by atoms with Crippen molar-refractivity contribution in [1.29, 1.82) is 0 Å². The molecule has 5 nitrogen and oxygen atoms in total. The minimum atomic E-state index is -0.539. The highest BCUT2D eigenvalue weighted by molar-refractivity contribution is 6.05. The van der Waals surface area contributed by atoms with E-state index in [0.29, 0.717) is 11.7 Å². The Bertz CT molecular complexity index is 483. The molecule has 5 heteroatoms. The van der Waals surface area contributed by atoms with Crippen molar-refractivity contribution >= 4 is 11.9 Å². The third-order valence-corrected chi connectivity index (χ3v) is 2.61. The predicted octanol–water partition coefficient (Wildman–Crippen LogP) is 1.22. The molecule has 96 valence electrons. The number of hydrogen-bond donors (Lipinski definition) is 2. The summed E-state index contributed by atoms with van der Waals surface area (Å²) < 4.78 is 5.25. The first-order chi connectivity index (χ1) is 8.61. The Morgan fingerprint density at radius 3 is 2.78 bits per heavy atom. The van der Waals surface area contributed by atoms with Crippen molar-refractivity contribution in [1.82, 2.24) is 10.6 Å². The van der Waals surface area contributed by atoms with E-state index in [1.165, 1.54) is 0 Å². The van der Waals surface area contributed by atoms with Crippen molar-refractivity contribution in [2.24, 2.45) is 4.99 Å². The van der Waals surface area contributed by atoms with Gasteiger partial charge in [-0.2, -0.15) is 0 Å². The molecule has 18 heavy (non-hydrogen) atoms. The van der Waals surface area contributed by atoms with E-state index in [1.54, 1.807) is 7.11 Å². The van der Waals surface area contributed by atoms with Gasteiger partial charge in [0.05, 0.1) is 7.11 Å². The molecule has 1 heterocycles. The molecular weight excluding hydrogens is 230 g/mol. The number of rotatable bonds is 3. The summed E-state index contributed by atoms with van der Waals surface area (Å²) in [5.41, 5.74) is 0.776. The number of nitrogens with one attached hydrogen (secondary N) is 2. The number of methoxy groups -OCH3 is 1. The Labute approximate surface area is 106 Å². The molecule has 1 aliphatic rings. The Morgan fingerprint density at radius 2 is 2.11 bits per heavy atom. The first-order valence-electron chi connectivity index (χ1n) is 5.90. The molecule has 2 N–H and O–H groups in total. The SMILES string of the molecule is COc1ccccc1C1N=C(NC(C)C)NC1=O. The van der Waals surface area contributed by atoms with Crippen molar-refractivity contribution in [3.8, 4) is 5.75 Å². The normalized spacial score (nSPS) is 18.6. The van der Waals surface area contributed by atoms with Gasteiger partial charge in [-0.3, -0.25) is 10.1 Å². The van der Waals surface area contributed by atoms with Crippen LogP contribution in [-0.4, -0.2) is 25.0 Å². The summed E-state index contributed by atoms with van der Waals surface area (Å²) >= 11 is 0. The summed E-state index contributed by atoms with van der Waals surface area (Å²) in [6.07, 6.45) is 0. The molecule has 2 rings (SSSR count). The smallest absolute Gasteiger partial charge is 0.256 e. The van der Waals surface area contributed by atoms with Gasteiger partial charge in [-0.05, 0) is 19.9 Å². The second-order valence-electron chi connectivity index (χ2n) is 4.41. The van der Waals surface area contributed by atoms with Gasteiger partial charge in [0, 0.05) is 11.6 Å². The van der Waals surface area contributed by atoms with E-state index < -0.39 is 6.04 Å². The lowest BCUT2D eigenvalue weighted by Gasteiger charge is -2.09. The van der Waals surface area contributed by atoms with E-state index in [2.05, 4.69) is 15.6 Å². The fourth-order valence-corrected chi connectivity index (χ4v) is 1.85. The number of hydrogen-bond acceptors (Lipinski definition) is 4. The summed E-state index contributed by atoms with van der Waals surface area (Å²) in [5, 5.41) is 5.82. The molecule has 1 atom stereocenters. The van der Waals surface area contributed by atoms with Crippen molar-refractivity contribution in [2.75, 3.05) is 7.11 Å². The molecule has 0 aromatic heterocycles. The minimum absolute atomic E-state index is 0.136. The van der Waals surface area contributed by atoms with E-state index in [9.17, 15) is 4.79 Å². The topological polar surface area (TPSA) is 62.7 Å². The highest BCUT2D eigenvalue weighted by Crippen LogP contribution is 2.29. The van der Waals surface area contributed by atoms with Crippen molar-refractivity contribution in [3.05, 3.63) is 29.8 Å². The first kappa shape index (κ1) is 12.4. The molecule has 0 radical (unpaired) electrons. The van der Waals surface area contributed by atoms with Gasteiger partial charge in [0.15, 0.2) is 12.0 Å². The van der Waals surface area contributed by atoms with E-state index >= 15 is 0 Å². The number of amides is 1. The van der Waals surface area contributed by atoms with E-state index in [-0.39, 0.29) is 11.9 Å². The predicted molar refractivity (Wildman–Crippen MR) is 69.6 cm³/mol.